The summed E-state index contributed by atoms with van der Waals surface area (Å²) in [4.78, 5) is 30.4. The summed E-state index contributed by atoms with van der Waals surface area (Å²) in [5.74, 6) is 0. The van der Waals surface area contributed by atoms with Gasteiger partial charge in [0.2, 0.25) is 0 Å². The van der Waals surface area contributed by atoms with E-state index in [1.165, 1.54) is 0 Å². The zero-order valence-electron chi connectivity index (χ0n) is 58.9. The lowest BCUT2D eigenvalue weighted by molar-refractivity contribution is 1.25. The summed E-state index contributed by atoms with van der Waals surface area (Å²) in [6.07, 6.45) is 12.0. The molecule has 0 fully saturated rings. The highest BCUT2D eigenvalue weighted by Crippen LogP contribution is 2.46. The normalized spacial score (nSPS) is 11.1. The van der Waals surface area contributed by atoms with Gasteiger partial charge in [0.05, 0.1) is 34.2 Å². The highest BCUT2D eigenvalue weighted by Gasteiger charge is 2.21. The topological polar surface area (TPSA) is 77.3 Å². The molecule has 108 heavy (non-hydrogen) atoms. The summed E-state index contributed by atoms with van der Waals surface area (Å²) in [6, 6.07) is 133. The summed E-state index contributed by atoms with van der Waals surface area (Å²) in [5, 5.41) is 0. The van der Waals surface area contributed by atoms with Crippen molar-refractivity contribution in [1.82, 2.24) is 29.9 Å². The van der Waals surface area contributed by atoms with Crippen LogP contribution in [0.3, 0.4) is 0 Å². The summed E-state index contributed by atoms with van der Waals surface area (Å²) >= 11 is 0. The van der Waals surface area contributed by atoms with E-state index < -0.39 is 0 Å². The van der Waals surface area contributed by atoms with Crippen LogP contribution in [0, 0.1) is 0 Å². The van der Waals surface area contributed by atoms with Crippen molar-refractivity contribution in [1.29, 1.82) is 0 Å². The summed E-state index contributed by atoms with van der Waals surface area (Å²) in [5.41, 5.74) is 35.3. The van der Waals surface area contributed by atoms with E-state index in [0.29, 0.717) is 0 Å². The first-order chi connectivity index (χ1) is 53.5. The molecule has 0 bridgehead atoms. The molecule has 6 aromatic heterocycles. The lowest BCUT2D eigenvalue weighted by Gasteiger charge is -2.18. The highest BCUT2D eigenvalue weighted by molar-refractivity contribution is 5.97. The van der Waals surface area contributed by atoms with Crippen LogP contribution in [0.5, 0.6) is 0 Å². The minimum absolute atomic E-state index is 0.774. The molecule has 0 aliphatic heterocycles. The molecule has 18 rings (SSSR count). The second-order valence-electron chi connectivity index (χ2n) is 26.9. The Balaban J connectivity index is 0.690. The smallest absolute Gasteiger partial charge is 0.0886 e. The van der Waals surface area contributed by atoms with Crippen LogP contribution >= 0.6 is 0 Å². The number of hydrogen-bond acceptors (Lipinski definition) is 6. The molecule has 0 radical (unpaired) electrons. The molecule has 0 amide bonds. The van der Waals surface area contributed by atoms with Crippen LogP contribution in [0.25, 0.3) is 190 Å². The molecule has 18 aromatic rings. The van der Waals surface area contributed by atoms with Crippen molar-refractivity contribution in [3.05, 3.63) is 413 Å². The predicted octanol–water partition coefficient (Wildman–Crippen LogP) is 26.4. The Bertz CT molecular complexity index is 5530. The van der Waals surface area contributed by atoms with Crippen molar-refractivity contribution in [3.63, 3.8) is 0 Å². The molecule has 0 aliphatic rings. The van der Waals surface area contributed by atoms with Crippen LogP contribution in [0.15, 0.2) is 413 Å². The molecular weight excluding hydrogens is 1310 g/mol. The SMILES string of the molecule is c1ccc(-c2ccc(-c3ccccc3-c3cc(-c4ccccc4-c4ccc(-c5ccccc5)nc4)cc(-c4ccccc4-c4ccc(-c5ccc(-c6ccccc6-c6cc(-c7ccccc7-c7ccc(-c8ccccc8)nc7)cc(-c7ccccc7-c7ccc(-c8ccccc8)nc7)c6)cn5)nc4)c3)cn2)cc1. The van der Waals surface area contributed by atoms with E-state index >= 15 is 0 Å². The average molecular weight is 1380 g/mol. The van der Waals surface area contributed by atoms with Crippen LogP contribution < -0.4 is 0 Å². The second-order valence-corrected chi connectivity index (χ2v) is 26.9. The standard InChI is InChI=1S/C102H68N6/c1-5-25-69(26-6-1)97-51-45-73(63-103-97)85-33-13-19-39-91(85)79-57-80(92-40-20-14-34-86(92)74-46-52-98(104-64-74)70-27-7-2-8-28-70)60-83(59-79)95-43-23-17-37-89(95)77-49-55-101(107-67-77)102-56-50-78(68-108-102)90-38-18-24-44-96(90)84-61-81(93-41-21-15-35-87(93)75-47-53-99(105-65-75)71-29-9-3-10-30-71)58-82(62-84)94-42-22-16-36-88(94)76-48-54-100(106-66-76)72-31-11-4-12-32-72/h1-68H. The Hall–Kier alpha value is -14.5. The number of nitrogens with zero attached hydrogens (tertiary/aromatic N) is 6. The summed E-state index contributed by atoms with van der Waals surface area (Å²) < 4.78 is 0. The van der Waals surface area contributed by atoms with E-state index in [9.17, 15) is 0 Å². The Morgan fingerprint density at radius 3 is 0.389 bits per heavy atom. The van der Waals surface area contributed by atoms with Gasteiger partial charge in [-0.2, -0.15) is 0 Å². The fourth-order valence-corrected chi connectivity index (χ4v) is 14.8. The maximum Gasteiger partial charge on any atom is 0.0886 e. The fourth-order valence-electron chi connectivity index (χ4n) is 14.8. The first-order valence-corrected chi connectivity index (χ1v) is 36.4. The molecule has 0 atom stereocenters. The maximum absolute atomic E-state index is 5.19. The van der Waals surface area contributed by atoms with E-state index in [0.717, 1.165) is 190 Å². The van der Waals surface area contributed by atoms with E-state index in [1.54, 1.807) is 0 Å². The zero-order chi connectivity index (χ0) is 72.0. The van der Waals surface area contributed by atoms with Gasteiger partial charge in [0.25, 0.3) is 0 Å². The Morgan fingerprint density at radius 1 is 0.102 bits per heavy atom. The Kier molecular flexibility index (Phi) is 18.0. The quantitative estimate of drug-likeness (QED) is 0.0904. The Labute approximate surface area is 629 Å². The molecular formula is C102H68N6. The molecule has 506 valence electrons. The van der Waals surface area contributed by atoms with Gasteiger partial charge in [-0.25, -0.2) is 0 Å². The van der Waals surface area contributed by atoms with E-state index in [1.807, 2.05) is 61.4 Å². The van der Waals surface area contributed by atoms with Gasteiger partial charge in [-0.1, -0.05) is 303 Å². The lowest BCUT2D eigenvalue weighted by Crippen LogP contribution is -1.94. The van der Waals surface area contributed by atoms with Crippen molar-refractivity contribution in [2.75, 3.05) is 0 Å². The van der Waals surface area contributed by atoms with Crippen LogP contribution in [0.1, 0.15) is 0 Å². The van der Waals surface area contributed by atoms with E-state index in [2.05, 4.69) is 352 Å². The van der Waals surface area contributed by atoms with E-state index in [4.69, 9.17) is 29.9 Å². The van der Waals surface area contributed by atoms with Crippen LogP contribution in [-0.2, 0) is 0 Å². The first kappa shape index (κ1) is 65.6. The van der Waals surface area contributed by atoms with Gasteiger partial charge in [-0.3, -0.25) is 29.9 Å². The van der Waals surface area contributed by atoms with Crippen molar-refractivity contribution in [2.45, 2.75) is 0 Å². The van der Waals surface area contributed by atoms with Crippen LogP contribution in [0.2, 0.25) is 0 Å². The molecule has 0 saturated heterocycles. The average Bonchev–Trinajstić information content (AvgIpc) is 0.772. The third-order valence-corrected chi connectivity index (χ3v) is 20.3. The van der Waals surface area contributed by atoms with Crippen LogP contribution in [-0.4, -0.2) is 29.9 Å². The molecule has 6 heterocycles. The van der Waals surface area contributed by atoms with Gasteiger partial charge in [0.15, 0.2) is 0 Å². The number of aromatic nitrogens is 6. The predicted molar refractivity (Wildman–Crippen MR) is 446 cm³/mol. The maximum atomic E-state index is 5.19. The van der Waals surface area contributed by atoms with Crippen molar-refractivity contribution >= 4 is 0 Å². The number of rotatable bonds is 17. The fraction of sp³-hybridized carbons (Fsp3) is 0. The minimum Gasteiger partial charge on any atom is -0.256 e. The van der Waals surface area contributed by atoms with E-state index in [-0.39, 0.29) is 0 Å². The summed E-state index contributed by atoms with van der Waals surface area (Å²) in [6.45, 7) is 0. The lowest BCUT2D eigenvalue weighted by atomic mass is 9.86. The molecule has 0 saturated carbocycles. The van der Waals surface area contributed by atoms with Gasteiger partial charge in [-0.05, 0) is 173 Å². The van der Waals surface area contributed by atoms with Crippen molar-refractivity contribution in [2.24, 2.45) is 0 Å². The van der Waals surface area contributed by atoms with Gasteiger partial charge in [0, 0.05) is 92.8 Å². The van der Waals surface area contributed by atoms with Gasteiger partial charge < -0.3 is 0 Å². The van der Waals surface area contributed by atoms with Gasteiger partial charge in [-0.15, -0.1) is 0 Å². The van der Waals surface area contributed by atoms with Gasteiger partial charge in [0.1, 0.15) is 0 Å². The molecule has 6 nitrogen and oxygen atoms in total. The third kappa shape index (κ3) is 13.5. The van der Waals surface area contributed by atoms with Crippen LogP contribution in [0.4, 0.5) is 0 Å². The molecule has 0 aliphatic carbocycles. The van der Waals surface area contributed by atoms with Crippen molar-refractivity contribution < 1.29 is 0 Å². The van der Waals surface area contributed by atoms with Gasteiger partial charge >= 0.3 is 0 Å². The summed E-state index contributed by atoms with van der Waals surface area (Å²) in [7, 11) is 0. The molecule has 12 aromatic carbocycles. The van der Waals surface area contributed by atoms with Crippen molar-refractivity contribution in [3.8, 4) is 190 Å². The number of pyridine rings is 6. The first-order valence-electron chi connectivity index (χ1n) is 36.4. The number of benzene rings is 12. The largest absolute Gasteiger partial charge is 0.256 e. The molecule has 0 unspecified atom stereocenters. The monoisotopic (exact) mass is 1380 g/mol. The highest BCUT2D eigenvalue weighted by atomic mass is 14.8. The minimum atomic E-state index is 0.774. The third-order valence-electron chi connectivity index (χ3n) is 20.3. The second kappa shape index (κ2) is 29.7. The molecule has 0 spiro atoms. The number of hydrogen-bond donors (Lipinski definition) is 0. The zero-order valence-corrected chi connectivity index (χ0v) is 58.9. The molecule has 0 N–H and O–H groups in total. The molecule has 6 heteroatoms. The Morgan fingerprint density at radius 2 is 0.241 bits per heavy atom.